The molecule has 1 aliphatic heterocycles. The Morgan fingerprint density at radius 3 is 2.89 bits per heavy atom. The summed E-state index contributed by atoms with van der Waals surface area (Å²) in [4.78, 5) is 0. The van der Waals surface area contributed by atoms with Crippen LogP contribution in [-0.4, -0.2) is 24.4 Å². The average Bonchev–Trinajstić information content (AvgIpc) is 2.55. The number of hydrogen-bond acceptors (Lipinski definition) is 3. The van der Waals surface area contributed by atoms with Gasteiger partial charge in [0.25, 0.3) is 0 Å². The van der Waals surface area contributed by atoms with Gasteiger partial charge in [0.1, 0.15) is 5.75 Å². The van der Waals surface area contributed by atoms with Crippen molar-refractivity contribution in [2.45, 2.75) is 44.8 Å². The van der Waals surface area contributed by atoms with Crippen LogP contribution in [0.1, 0.15) is 38.7 Å². The molecule has 1 aromatic rings. The smallest absolute Gasteiger partial charge is 0.120 e. The lowest BCUT2D eigenvalue weighted by Crippen LogP contribution is -2.26. The van der Waals surface area contributed by atoms with E-state index < -0.39 is 5.60 Å². The van der Waals surface area contributed by atoms with E-state index in [9.17, 15) is 5.11 Å². The molecule has 1 unspecified atom stereocenters. The van der Waals surface area contributed by atoms with Gasteiger partial charge in [0, 0.05) is 19.6 Å². The highest BCUT2D eigenvalue weighted by Gasteiger charge is 2.30. The van der Waals surface area contributed by atoms with Gasteiger partial charge in [-0.05, 0) is 44.4 Å². The molecule has 1 saturated heterocycles. The summed E-state index contributed by atoms with van der Waals surface area (Å²) in [6.45, 7) is 5.36. The predicted molar refractivity (Wildman–Crippen MR) is 70.8 cm³/mol. The van der Waals surface area contributed by atoms with Crippen molar-refractivity contribution in [1.82, 2.24) is 0 Å². The second-order valence-corrected chi connectivity index (χ2v) is 5.19. The molecule has 100 valence electrons. The SMILES string of the molecule is CC(C)Oc1cccc(C2(O)CCCOCC2)c1. The lowest BCUT2D eigenvalue weighted by molar-refractivity contribution is 0.0141. The molecule has 0 amide bonds. The first-order valence-electron chi connectivity index (χ1n) is 6.67. The molecule has 3 heteroatoms. The second-order valence-electron chi connectivity index (χ2n) is 5.19. The van der Waals surface area contributed by atoms with Crippen molar-refractivity contribution < 1.29 is 14.6 Å². The third kappa shape index (κ3) is 3.24. The van der Waals surface area contributed by atoms with E-state index in [1.807, 2.05) is 38.1 Å². The van der Waals surface area contributed by atoms with Gasteiger partial charge in [-0.3, -0.25) is 0 Å². The summed E-state index contributed by atoms with van der Waals surface area (Å²) in [5.41, 5.74) is 0.165. The number of benzene rings is 1. The highest BCUT2D eigenvalue weighted by Crippen LogP contribution is 2.33. The number of aliphatic hydroxyl groups is 1. The highest BCUT2D eigenvalue weighted by molar-refractivity contribution is 5.32. The van der Waals surface area contributed by atoms with Crippen molar-refractivity contribution in [3.8, 4) is 5.75 Å². The lowest BCUT2D eigenvalue weighted by Gasteiger charge is -2.27. The summed E-state index contributed by atoms with van der Waals surface area (Å²) in [6, 6.07) is 7.79. The first-order valence-corrected chi connectivity index (χ1v) is 6.67. The summed E-state index contributed by atoms with van der Waals surface area (Å²) in [7, 11) is 0. The molecule has 1 aliphatic rings. The molecular formula is C15H22O3. The van der Waals surface area contributed by atoms with Crippen LogP contribution in [0.2, 0.25) is 0 Å². The first kappa shape index (κ1) is 13.4. The topological polar surface area (TPSA) is 38.7 Å². The maximum atomic E-state index is 10.7. The molecule has 0 aromatic heterocycles. The Hall–Kier alpha value is -1.06. The molecule has 0 spiro atoms. The van der Waals surface area contributed by atoms with Crippen LogP contribution < -0.4 is 4.74 Å². The van der Waals surface area contributed by atoms with Crippen molar-refractivity contribution in [3.63, 3.8) is 0 Å². The molecule has 2 rings (SSSR count). The van der Waals surface area contributed by atoms with E-state index in [4.69, 9.17) is 9.47 Å². The van der Waals surface area contributed by atoms with Crippen molar-refractivity contribution in [2.75, 3.05) is 13.2 Å². The van der Waals surface area contributed by atoms with Crippen LogP contribution in [0.4, 0.5) is 0 Å². The van der Waals surface area contributed by atoms with Crippen LogP contribution in [0.5, 0.6) is 5.75 Å². The van der Waals surface area contributed by atoms with E-state index in [0.717, 1.165) is 30.8 Å². The first-order chi connectivity index (χ1) is 8.60. The van der Waals surface area contributed by atoms with E-state index in [2.05, 4.69) is 0 Å². The summed E-state index contributed by atoms with van der Waals surface area (Å²) in [6.07, 6.45) is 2.44. The summed E-state index contributed by atoms with van der Waals surface area (Å²) < 4.78 is 11.1. The molecule has 1 fully saturated rings. The van der Waals surface area contributed by atoms with Crippen molar-refractivity contribution in [3.05, 3.63) is 29.8 Å². The molecule has 1 atom stereocenters. The summed E-state index contributed by atoms with van der Waals surface area (Å²) >= 11 is 0. The Kier molecular flexibility index (Phi) is 4.25. The lowest BCUT2D eigenvalue weighted by atomic mass is 9.87. The van der Waals surface area contributed by atoms with Gasteiger partial charge < -0.3 is 14.6 Å². The molecule has 1 N–H and O–H groups in total. The number of ether oxygens (including phenoxy) is 2. The van der Waals surface area contributed by atoms with E-state index in [0.29, 0.717) is 13.0 Å². The molecule has 0 saturated carbocycles. The van der Waals surface area contributed by atoms with Gasteiger partial charge in [-0.1, -0.05) is 12.1 Å². The maximum absolute atomic E-state index is 10.7. The molecule has 18 heavy (non-hydrogen) atoms. The Morgan fingerprint density at radius 2 is 2.11 bits per heavy atom. The van der Waals surface area contributed by atoms with Crippen LogP contribution in [0.3, 0.4) is 0 Å². The molecular weight excluding hydrogens is 228 g/mol. The minimum Gasteiger partial charge on any atom is -0.491 e. The van der Waals surface area contributed by atoms with Gasteiger partial charge >= 0.3 is 0 Å². The van der Waals surface area contributed by atoms with E-state index in [1.165, 1.54) is 0 Å². The largest absolute Gasteiger partial charge is 0.491 e. The highest BCUT2D eigenvalue weighted by atomic mass is 16.5. The third-order valence-electron chi connectivity index (χ3n) is 3.28. The van der Waals surface area contributed by atoms with Gasteiger partial charge in [-0.25, -0.2) is 0 Å². The number of rotatable bonds is 3. The van der Waals surface area contributed by atoms with Crippen LogP contribution in [0.25, 0.3) is 0 Å². The van der Waals surface area contributed by atoms with Gasteiger partial charge in [0.2, 0.25) is 0 Å². The standard InChI is InChI=1S/C15H22O3/c1-12(2)18-14-6-3-5-13(11-14)15(16)7-4-9-17-10-8-15/h3,5-6,11-12,16H,4,7-10H2,1-2H3. The molecule has 1 aromatic carbocycles. The van der Waals surface area contributed by atoms with Crippen molar-refractivity contribution in [2.24, 2.45) is 0 Å². The van der Waals surface area contributed by atoms with Crippen molar-refractivity contribution in [1.29, 1.82) is 0 Å². The average molecular weight is 250 g/mol. The fraction of sp³-hybridized carbons (Fsp3) is 0.600. The Balaban J connectivity index is 2.20. The maximum Gasteiger partial charge on any atom is 0.120 e. The molecule has 0 bridgehead atoms. The predicted octanol–water partition coefficient (Wildman–Crippen LogP) is 2.86. The second kappa shape index (κ2) is 5.72. The van der Waals surface area contributed by atoms with Crippen LogP contribution >= 0.6 is 0 Å². The van der Waals surface area contributed by atoms with Gasteiger partial charge in [0.15, 0.2) is 0 Å². The van der Waals surface area contributed by atoms with Gasteiger partial charge in [-0.2, -0.15) is 0 Å². The minimum atomic E-state index is -0.771. The Labute approximate surface area is 109 Å². The molecule has 0 aliphatic carbocycles. The molecule has 1 heterocycles. The van der Waals surface area contributed by atoms with E-state index in [-0.39, 0.29) is 6.10 Å². The van der Waals surface area contributed by atoms with Gasteiger partial charge in [-0.15, -0.1) is 0 Å². The molecule has 0 radical (unpaired) electrons. The summed E-state index contributed by atoms with van der Waals surface area (Å²) in [5, 5.41) is 10.7. The van der Waals surface area contributed by atoms with Gasteiger partial charge in [0.05, 0.1) is 11.7 Å². The van der Waals surface area contributed by atoms with Crippen molar-refractivity contribution >= 4 is 0 Å². The molecule has 3 nitrogen and oxygen atoms in total. The van der Waals surface area contributed by atoms with Crippen LogP contribution in [0, 0.1) is 0 Å². The fourth-order valence-corrected chi connectivity index (χ4v) is 2.35. The fourth-order valence-electron chi connectivity index (χ4n) is 2.35. The normalized spacial score (nSPS) is 24.9. The van der Waals surface area contributed by atoms with E-state index >= 15 is 0 Å². The van der Waals surface area contributed by atoms with Crippen LogP contribution in [0.15, 0.2) is 24.3 Å². The summed E-state index contributed by atoms with van der Waals surface area (Å²) in [5.74, 6) is 0.820. The Morgan fingerprint density at radius 1 is 1.28 bits per heavy atom. The van der Waals surface area contributed by atoms with Crippen LogP contribution in [-0.2, 0) is 10.3 Å². The quantitative estimate of drug-likeness (QED) is 0.896. The minimum absolute atomic E-state index is 0.146. The zero-order chi connectivity index (χ0) is 13.0. The number of hydrogen-bond donors (Lipinski definition) is 1. The van der Waals surface area contributed by atoms with E-state index in [1.54, 1.807) is 0 Å². The monoisotopic (exact) mass is 250 g/mol. The zero-order valence-corrected chi connectivity index (χ0v) is 11.2. The third-order valence-corrected chi connectivity index (χ3v) is 3.28. The zero-order valence-electron chi connectivity index (χ0n) is 11.2. The Bertz CT molecular complexity index is 379.